The van der Waals surface area contributed by atoms with Gasteiger partial charge in [0.25, 0.3) is 5.89 Å². The molecule has 5 heteroatoms. The average Bonchev–Trinajstić information content (AvgIpc) is 2.84. The molecule has 0 amide bonds. The van der Waals surface area contributed by atoms with E-state index in [2.05, 4.69) is 37.0 Å². The van der Waals surface area contributed by atoms with E-state index in [0.717, 1.165) is 11.3 Å². The van der Waals surface area contributed by atoms with Gasteiger partial charge >= 0.3 is 0 Å². The number of thioether (sulfide) groups is 1. The molecule has 0 fully saturated rings. The average molecular weight is 273 g/mol. The molecule has 0 radical (unpaired) electrons. The molecule has 0 saturated carbocycles. The second kappa shape index (κ2) is 5.45. The molecule has 2 aromatic rings. The maximum atomic E-state index is 8.75. The molecule has 0 spiro atoms. The molecule has 1 heterocycles. The fourth-order valence-corrected chi connectivity index (χ4v) is 2.08. The van der Waals surface area contributed by atoms with E-state index < -0.39 is 0 Å². The minimum absolute atomic E-state index is 0.176. The zero-order valence-corrected chi connectivity index (χ0v) is 12.0. The molecule has 0 atom stereocenters. The molecule has 19 heavy (non-hydrogen) atoms. The number of hydrogen-bond acceptors (Lipinski definition) is 5. The third kappa shape index (κ3) is 3.83. The predicted molar refractivity (Wildman–Crippen MR) is 75.5 cm³/mol. The molecule has 1 aromatic carbocycles. The molecule has 0 aliphatic heterocycles. The van der Waals surface area contributed by atoms with Crippen molar-refractivity contribution in [2.45, 2.75) is 31.3 Å². The van der Waals surface area contributed by atoms with Gasteiger partial charge in [0.15, 0.2) is 5.82 Å². The van der Waals surface area contributed by atoms with E-state index in [0.29, 0.717) is 17.3 Å². The van der Waals surface area contributed by atoms with E-state index in [4.69, 9.17) is 9.78 Å². The molecule has 0 aliphatic rings. The molecule has 1 aromatic heterocycles. The van der Waals surface area contributed by atoms with Crippen molar-refractivity contribution in [3.05, 3.63) is 35.7 Å². The smallest absolute Gasteiger partial charge is 0.257 e. The molecular formula is C14H15N3OS. The van der Waals surface area contributed by atoms with Crippen LogP contribution in [-0.2, 0) is 5.75 Å². The fourth-order valence-electron chi connectivity index (χ4n) is 1.40. The van der Waals surface area contributed by atoms with Crippen molar-refractivity contribution in [3.8, 4) is 17.5 Å². The van der Waals surface area contributed by atoms with Crippen LogP contribution in [-0.4, -0.2) is 14.9 Å². The molecule has 0 aliphatic carbocycles. The van der Waals surface area contributed by atoms with Crippen molar-refractivity contribution < 1.29 is 4.52 Å². The van der Waals surface area contributed by atoms with Crippen LogP contribution in [0, 0.1) is 11.3 Å². The van der Waals surface area contributed by atoms with Crippen molar-refractivity contribution in [2.24, 2.45) is 0 Å². The van der Waals surface area contributed by atoms with E-state index in [1.54, 1.807) is 23.9 Å². The molecule has 0 bridgehead atoms. The summed E-state index contributed by atoms with van der Waals surface area (Å²) in [5.74, 6) is 1.91. The molecule has 98 valence electrons. The highest BCUT2D eigenvalue weighted by atomic mass is 32.2. The lowest BCUT2D eigenvalue weighted by atomic mass is 10.1. The second-order valence-electron chi connectivity index (χ2n) is 5.11. The van der Waals surface area contributed by atoms with Gasteiger partial charge < -0.3 is 4.52 Å². The Morgan fingerprint density at radius 3 is 2.53 bits per heavy atom. The van der Waals surface area contributed by atoms with E-state index in [1.807, 2.05) is 12.1 Å². The number of nitrogens with zero attached hydrogens (tertiary/aromatic N) is 3. The van der Waals surface area contributed by atoms with Crippen molar-refractivity contribution >= 4 is 11.8 Å². The van der Waals surface area contributed by atoms with Crippen LogP contribution >= 0.6 is 11.8 Å². The summed E-state index contributed by atoms with van der Waals surface area (Å²) in [4.78, 5) is 4.36. The summed E-state index contributed by atoms with van der Waals surface area (Å²) in [5, 5.41) is 12.7. The second-order valence-corrected chi connectivity index (χ2v) is 6.91. The van der Waals surface area contributed by atoms with E-state index >= 15 is 0 Å². The Hall–Kier alpha value is -1.80. The highest BCUT2D eigenvalue weighted by molar-refractivity contribution is 7.99. The van der Waals surface area contributed by atoms with Crippen LogP contribution in [0.25, 0.3) is 11.5 Å². The lowest BCUT2D eigenvalue weighted by molar-refractivity contribution is 0.425. The monoisotopic (exact) mass is 273 g/mol. The summed E-state index contributed by atoms with van der Waals surface area (Å²) in [5.41, 5.74) is 1.45. The van der Waals surface area contributed by atoms with Gasteiger partial charge in [-0.25, -0.2) is 0 Å². The maximum absolute atomic E-state index is 8.75. The summed E-state index contributed by atoms with van der Waals surface area (Å²) in [6.45, 7) is 6.46. The van der Waals surface area contributed by atoms with Gasteiger partial charge in [0.05, 0.1) is 17.4 Å². The Morgan fingerprint density at radius 2 is 1.95 bits per heavy atom. The highest BCUT2D eigenvalue weighted by Crippen LogP contribution is 2.27. The maximum Gasteiger partial charge on any atom is 0.257 e. The number of hydrogen-bond donors (Lipinski definition) is 0. The minimum atomic E-state index is 0.176. The zero-order valence-electron chi connectivity index (χ0n) is 11.2. The lowest BCUT2D eigenvalue weighted by Crippen LogP contribution is -2.07. The van der Waals surface area contributed by atoms with Crippen LogP contribution in [0.15, 0.2) is 28.8 Å². The third-order valence-electron chi connectivity index (χ3n) is 2.36. The molecule has 0 N–H and O–H groups in total. The van der Waals surface area contributed by atoms with Gasteiger partial charge in [0.2, 0.25) is 0 Å². The van der Waals surface area contributed by atoms with Crippen molar-refractivity contribution in [3.63, 3.8) is 0 Å². The van der Waals surface area contributed by atoms with Gasteiger partial charge in [0.1, 0.15) is 0 Å². The predicted octanol–water partition coefficient (Wildman–Crippen LogP) is 3.64. The van der Waals surface area contributed by atoms with Crippen LogP contribution in [0.4, 0.5) is 0 Å². The number of rotatable bonds is 3. The van der Waals surface area contributed by atoms with E-state index in [9.17, 15) is 0 Å². The van der Waals surface area contributed by atoms with Gasteiger partial charge in [-0.15, -0.1) is 11.8 Å². The SMILES string of the molecule is CC(C)(C)SCc1noc(-c2ccc(C#N)cc2)n1. The quantitative estimate of drug-likeness (QED) is 0.854. The highest BCUT2D eigenvalue weighted by Gasteiger charge is 2.14. The standard InChI is InChI=1S/C14H15N3OS/c1-14(2,3)19-9-12-16-13(18-17-12)11-6-4-10(8-15)5-7-11/h4-7H,9H2,1-3H3. The topological polar surface area (TPSA) is 62.7 Å². The first-order chi connectivity index (χ1) is 8.98. The summed E-state index contributed by atoms with van der Waals surface area (Å²) < 4.78 is 5.41. The lowest BCUT2D eigenvalue weighted by Gasteiger charge is -2.15. The van der Waals surface area contributed by atoms with Crippen LogP contribution < -0.4 is 0 Å². The normalized spacial score (nSPS) is 11.3. The van der Waals surface area contributed by atoms with Crippen molar-refractivity contribution in [2.75, 3.05) is 0 Å². The molecule has 0 saturated heterocycles. The van der Waals surface area contributed by atoms with Crippen LogP contribution in [0.5, 0.6) is 0 Å². The molecule has 4 nitrogen and oxygen atoms in total. The Kier molecular flexibility index (Phi) is 3.91. The van der Waals surface area contributed by atoms with Gasteiger partial charge in [-0.2, -0.15) is 10.2 Å². The van der Waals surface area contributed by atoms with Gasteiger partial charge in [-0.3, -0.25) is 0 Å². The summed E-state index contributed by atoms with van der Waals surface area (Å²) in [6.07, 6.45) is 0. The van der Waals surface area contributed by atoms with Crippen molar-refractivity contribution in [1.29, 1.82) is 5.26 Å². The number of benzene rings is 1. The third-order valence-corrected chi connectivity index (χ3v) is 3.63. The van der Waals surface area contributed by atoms with Gasteiger partial charge in [-0.05, 0) is 24.3 Å². The molecular weight excluding hydrogens is 258 g/mol. The Labute approximate surface area is 116 Å². The van der Waals surface area contributed by atoms with E-state index in [1.165, 1.54) is 0 Å². The van der Waals surface area contributed by atoms with Crippen LogP contribution in [0.1, 0.15) is 32.2 Å². The minimum Gasteiger partial charge on any atom is -0.334 e. The summed E-state index contributed by atoms with van der Waals surface area (Å²) in [7, 11) is 0. The van der Waals surface area contributed by atoms with Gasteiger partial charge in [-0.1, -0.05) is 25.9 Å². The Balaban J connectivity index is 2.10. The zero-order chi connectivity index (χ0) is 13.9. The summed E-state index contributed by atoms with van der Waals surface area (Å²) in [6, 6.07) is 9.18. The number of nitriles is 1. The van der Waals surface area contributed by atoms with Gasteiger partial charge in [0, 0.05) is 10.3 Å². The van der Waals surface area contributed by atoms with Crippen molar-refractivity contribution in [1.82, 2.24) is 10.1 Å². The molecule has 2 rings (SSSR count). The van der Waals surface area contributed by atoms with Crippen LogP contribution in [0.3, 0.4) is 0 Å². The fraction of sp³-hybridized carbons (Fsp3) is 0.357. The first-order valence-electron chi connectivity index (χ1n) is 5.95. The molecule has 0 unspecified atom stereocenters. The first kappa shape index (κ1) is 13.6. The number of aromatic nitrogens is 2. The Morgan fingerprint density at radius 1 is 1.26 bits per heavy atom. The first-order valence-corrected chi connectivity index (χ1v) is 6.93. The largest absolute Gasteiger partial charge is 0.334 e. The Bertz CT molecular complexity index is 590. The van der Waals surface area contributed by atoms with Crippen LogP contribution in [0.2, 0.25) is 0 Å². The summed E-state index contributed by atoms with van der Waals surface area (Å²) >= 11 is 1.77. The van der Waals surface area contributed by atoms with E-state index in [-0.39, 0.29) is 4.75 Å².